The fraction of sp³-hybridized carbons (Fsp3) is 0. The fourth-order valence-electron chi connectivity index (χ4n) is 1.21. The van der Waals surface area contributed by atoms with Gasteiger partial charge in [0, 0.05) is 5.39 Å². The molecule has 4 heteroatoms. The topological polar surface area (TPSA) is 29.5 Å². The van der Waals surface area contributed by atoms with E-state index in [2.05, 4.69) is 4.12 Å². The Morgan fingerprint density at radius 2 is 1.50 bits per heavy atom. The Balaban J connectivity index is 0.000000293. The zero-order valence-corrected chi connectivity index (χ0v) is 12.4. The molecule has 0 saturated carbocycles. The maximum Gasteiger partial charge on any atom is 0.129 e. The molecule has 0 radical (unpaired) electrons. The third-order valence-electron chi connectivity index (χ3n) is 1.77. The molecule has 2 aromatic rings. The highest BCUT2D eigenvalue weighted by Gasteiger charge is 1.94. The zero-order valence-electron chi connectivity index (χ0n) is 8.40. The maximum atomic E-state index is 9.37. The summed E-state index contributed by atoms with van der Waals surface area (Å²) in [5.74, 6) is 0.350. The van der Waals surface area contributed by atoms with Gasteiger partial charge in [-0.1, -0.05) is 36.4 Å². The van der Waals surface area contributed by atoms with Gasteiger partial charge in [-0.15, -0.1) is 0 Å². The molecule has 0 atom stereocenters. The van der Waals surface area contributed by atoms with Crippen LogP contribution in [0, 0.1) is 0 Å². The van der Waals surface area contributed by atoms with Crippen molar-refractivity contribution in [3.8, 4) is 5.75 Å². The Bertz CT molecular complexity index is 399. The third-order valence-corrected chi connectivity index (χ3v) is 1.77. The summed E-state index contributed by atoms with van der Waals surface area (Å²) in [6, 6.07) is 13.3. The van der Waals surface area contributed by atoms with E-state index in [-0.39, 0.29) is 0 Å². The van der Waals surface area contributed by atoms with Gasteiger partial charge in [-0.25, -0.2) is 0 Å². The standard InChI is InChI=1S/C10H8O.H6OSi2/c11-10-7-3-5-8-4-1-2-6-9(8)10;2-1-3/h1-7,11H;2-3H3. The number of hydrogen-bond acceptors (Lipinski definition) is 2. The first-order chi connectivity index (χ1) is 6.79. The van der Waals surface area contributed by atoms with E-state index in [1.54, 1.807) is 6.07 Å². The molecule has 0 saturated heterocycles. The molecule has 0 aliphatic rings. The lowest BCUT2D eigenvalue weighted by Gasteiger charge is -1.97. The highest BCUT2D eigenvalue weighted by Crippen LogP contribution is 2.22. The molecule has 2 aromatic carbocycles. The molecular weight excluding hydrogens is 208 g/mol. The molecule has 2 rings (SSSR count). The molecule has 74 valence electrons. The number of aromatic hydroxyl groups is 1. The maximum absolute atomic E-state index is 9.37. The van der Waals surface area contributed by atoms with E-state index in [0.29, 0.717) is 5.75 Å². The average molecular weight is 222 g/mol. The Hall–Kier alpha value is -1.11. The van der Waals surface area contributed by atoms with Gasteiger partial charge in [-0.05, 0) is 11.5 Å². The van der Waals surface area contributed by atoms with Gasteiger partial charge in [0.25, 0.3) is 0 Å². The van der Waals surface area contributed by atoms with Crippen molar-refractivity contribution in [2.75, 3.05) is 0 Å². The van der Waals surface area contributed by atoms with E-state index in [9.17, 15) is 5.11 Å². The van der Waals surface area contributed by atoms with Crippen LogP contribution >= 0.6 is 0 Å². The molecule has 1 N–H and O–H groups in total. The predicted octanol–water partition coefficient (Wildman–Crippen LogP) is 0.109. The van der Waals surface area contributed by atoms with Crippen LogP contribution in [0.15, 0.2) is 42.5 Å². The molecule has 0 aromatic heterocycles. The molecule has 0 aliphatic carbocycles. The summed E-state index contributed by atoms with van der Waals surface area (Å²) in [4.78, 5) is 0. The molecule has 0 bridgehead atoms. The summed E-state index contributed by atoms with van der Waals surface area (Å²) >= 11 is 0. The van der Waals surface area contributed by atoms with Gasteiger partial charge in [-0.2, -0.15) is 0 Å². The van der Waals surface area contributed by atoms with Crippen LogP contribution in [0.4, 0.5) is 0 Å². The van der Waals surface area contributed by atoms with Crippen LogP contribution in [0.3, 0.4) is 0 Å². The minimum absolute atomic E-state index is 0.350. The van der Waals surface area contributed by atoms with Gasteiger partial charge in [0.05, 0.1) is 0 Å². The van der Waals surface area contributed by atoms with Crippen molar-refractivity contribution in [1.29, 1.82) is 0 Å². The van der Waals surface area contributed by atoms with E-state index in [0.717, 1.165) is 31.7 Å². The molecule has 14 heavy (non-hydrogen) atoms. The van der Waals surface area contributed by atoms with E-state index in [4.69, 9.17) is 0 Å². The second-order valence-corrected chi connectivity index (χ2v) is 6.17. The van der Waals surface area contributed by atoms with Crippen molar-refractivity contribution in [2.24, 2.45) is 0 Å². The van der Waals surface area contributed by atoms with Crippen molar-refractivity contribution < 1.29 is 9.22 Å². The van der Waals surface area contributed by atoms with Crippen molar-refractivity contribution in [3.05, 3.63) is 42.5 Å². The number of phenolic OH excluding ortho intramolecular Hbond substituents is 1. The highest BCUT2D eigenvalue weighted by atomic mass is 28.3. The van der Waals surface area contributed by atoms with E-state index in [1.165, 1.54) is 0 Å². The molecule has 2 nitrogen and oxygen atoms in total. The smallest absolute Gasteiger partial charge is 0.129 e. The summed E-state index contributed by atoms with van der Waals surface area (Å²) in [5.41, 5.74) is 0. The molecule has 0 spiro atoms. The minimum atomic E-state index is 0.350. The first-order valence-corrected chi connectivity index (χ1v) is 5.99. The lowest BCUT2D eigenvalue weighted by Crippen LogP contribution is -1.70. The second kappa shape index (κ2) is 5.59. The fourth-order valence-corrected chi connectivity index (χ4v) is 1.21. The van der Waals surface area contributed by atoms with Crippen molar-refractivity contribution >= 4 is 31.7 Å². The van der Waals surface area contributed by atoms with Crippen molar-refractivity contribution in [2.45, 2.75) is 0 Å². The average Bonchev–Trinajstić information content (AvgIpc) is 2.20. The molecule has 0 heterocycles. The van der Waals surface area contributed by atoms with E-state index < -0.39 is 0 Å². The molecule has 0 amide bonds. The number of phenols is 1. The largest absolute Gasteiger partial charge is 0.507 e. The number of rotatable bonds is 0. The van der Waals surface area contributed by atoms with Gasteiger partial charge >= 0.3 is 0 Å². The Labute approximate surface area is 89.6 Å². The zero-order chi connectivity index (χ0) is 10.4. The van der Waals surface area contributed by atoms with Crippen LogP contribution in [0.5, 0.6) is 5.75 Å². The lowest BCUT2D eigenvalue weighted by molar-refractivity contribution is 0.481. The first kappa shape index (κ1) is 11.0. The highest BCUT2D eigenvalue weighted by molar-refractivity contribution is 6.15. The van der Waals surface area contributed by atoms with Crippen LogP contribution in [0.1, 0.15) is 0 Å². The number of fused-ring (bicyclic) bond motifs is 1. The molecule has 0 aliphatic heterocycles. The quantitative estimate of drug-likeness (QED) is 0.641. The predicted molar refractivity (Wildman–Crippen MR) is 66.6 cm³/mol. The minimum Gasteiger partial charge on any atom is -0.507 e. The van der Waals surface area contributed by atoms with E-state index in [1.807, 2.05) is 36.4 Å². The SMILES string of the molecule is Oc1cccc2ccccc12.[SiH3]O[SiH3]. The Morgan fingerprint density at radius 3 is 2.14 bits per heavy atom. The summed E-state index contributed by atoms with van der Waals surface area (Å²) in [6.45, 7) is 0. The van der Waals surface area contributed by atoms with Crippen LogP contribution in [0.25, 0.3) is 10.8 Å². The third kappa shape index (κ3) is 2.69. The van der Waals surface area contributed by atoms with Crippen LogP contribution in [-0.4, -0.2) is 26.1 Å². The molecule has 0 fully saturated rings. The van der Waals surface area contributed by atoms with Crippen LogP contribution < -0.4 is 0 Å². The first-order valence-electron chi connectivity index (χ1n) is 4.36. The van der Waals surface area contributed by atoms with Gasteiger partial charge in [0.1, 0.15) is 26.7 Å². The van der Waals surface area contributed by atoms with E-state index >= 15 is 0 Å². The summed E-state index contributed by atoms with van der Waals surface area (Å²) in [7, 11) is 1.86. The normalized spacial score (nSPS) is 9.71. The van der Waals surface area contributed by atoms with Gasteiger partial charge in [0.15, 0.2) is 0 Å². The number of benzene rings is 2. The summed E-state index contributed by atoms with van der Waals surface area (Å²) in [6.07, 6.45) is 0. The monoisotopic (exact) mass is 222 g/mol. The summed E-state index contributed by atoms with van der Waals surface area (Å²) in [5, 5.41) is 11.4. The van der Waals surface area contributed by atoms with Crippen LogP contribution in [0.2, 0.25) is 0 Å². The molecular formula is C10H14O2Si2. The van der Waals surface area contributed by atoms with Crippen LogP contribution in [-0.2, 0) is 4.12 Å². The van der Waals surface area contributed by atoms with Gasteiger partial charge < -0.3 is 9.22 Å². The van der Waals surface area contributed by atoms with Gasteiger partial charge in [0.2, 0.25) is 0 Å². The van der Waals surface area contributed by atoms with Crippen molar-refractivity contribution in [1.82, 2.24) is 0 Å². The second-order valence-electron chi connectivity index (χ2n) is 2.91. The Kier molecular flexibility index (Phi) is 4.38. The lowest BCUT2D eigenvalue weighted by atomic mass is 10.1. The molecule has 0 unspecified atom stereocenters. The van der Waals surface area contributed by atoms with Crippen molar-refractivity contribution in [3.63, 3.8) is 0 Å². The summed E-state index contributed by atoms with van der Waals surface area (Å²) < 4.78 is 4.53. The Morgan fingerprint density at radius 1 is 0.929 bits per heavy atom. The van der Waals surface area contributed by atoms with Gasteiger partial charge in [-0.3, -0.25) is 0 Å². The number of hydrogen-bond donors (Lipinski definition) is 1.